The molecule has 1 N–H and O–H groups in total. The number of pyridine rings is 1. The average Bonchev–Trinajstić information content (AvgIpc) is 2.38. The van der Waals surface area contributed by atoms with Crippen LogP contribution in [-0.2, 0) is 13.1 Å². The third-order valence-corrected chi connectivity index (χ3v) is 2.86. The standard InChI is InChI=1S/C15H15FN2O2/c1-18(9-11-2-4-17-5-3-11)10-12-6-13(15(19)20)8-14(16)7-12/h2-8H,9-10H2,1H3,(H,19,20). The largest absolute Gasteiger partial charge is 0.478 e. The van der Waals surface area contributed by atoms with Gasteiger partial charge in [0, 0.05) is 25.5 Å². The molecule has 0 spiro atoms. The van der Waals surface area contributed by atoms with Crippen LogP contribution in [0.25, 0.3) is 0 Å². The van der Waals surface area contributed by atoms with E-state index in [0.717, 1.165) is 11.6 Å². The maximum absolute atomic E-state index is 13.4. The van der Waals surface area contributed by atoms with Crippen molar-refractivity contribution in [2.75, 3.05) is 7.05 Å². The second-order valence-corrected chi connectivity index (χ2v) is 4.68. The van der Waals surface area contributed by atoms with Gasteiger partial charge in [0.15, 0.2) is 0 Å². The first-order chi connectivity index (χ1) is 9.54. The topological polar surface area (TPSA) is 53.4 Å². The van der Waals surface area contributed by atoms with Crippen LogP contribution in [0.1, 0.15) is 21.5 Å². The zero-order chi connectivity index (χ0) is 14.5. The lowest BCUT2D eigenvalue weighted by atomic mass is 10.1. The molecule has 0 fully saturated rings. The van der Waals surface area contributed by atoms with Crippen molar-refractivity contribution in [1.82, 2.24) is 9.88 Å². The van der Waals surface area contributed by atoms with Crippen LogP contribution in [0.5, 0.6) is 0 Å². The first-order valence-electron chi connectivity index (χ1n) is 6.15. The summed E-state index contributed by atoms with van der Waals surface area (Å²) in [5.41, 5.74) is 1.70. The van der Waals surface area contributed by atoms with Crippen molar-refractivity contribution in [1.29, 1.82) is 0 Å². The van der Waals surface area contributed by atoms with Gasteiger partial charge in [0.05, 0.1) is 5.56 Å². The van der Waals surface area contributed by atoms with E-state index in [1.54, 1.807) is 12.4 Å². The first kappa shape index (κ1) is 14.1. The lowest BCUT2D eigenvalue weighted by molar-refractivity contribution is 0.0696. The minimum absolute atomic E-state index is 0.0303. The molecular formula is C15H15FN2O2. The summed E-state index contributed by atoms with van der Waals surface area (Å²) in [5, 5.41) is 8.92. The Hall–Kier alpha value is -2.27. The summed E-state index contributed by atoms with van der Waals surface area (Å²) < 4.78 is 13.4. The highest BCUT2D eigenvalue weighted by molar-refractivity contribution is 5.87. The minimum atomic E-state index is -1.12. The number of nitrogens with zero attached hydrogens (tertiary/aromatic N) is 2. The third-order valence-electron chi connectivity index (χ3n) is 2.86. The Morgan fingerprint density at radius 3 is 2.50 bits per heavy atom. The molecule has 0 aliphatic heterocycles. The van der Waals surface area contributed by atoms with Crippen LogP contribution in [0.4, 0.5) is 4.39 Å². The maximum atomic E-state index is 13.4. The molecule has 4 nitrogen and oxygen atoms in total. The summed E-state index contributed by atoms with van der Waals surface area (Å²) in [5.74, 6) is -1.65. The smallest absolute Gasteiger partial charge is 0.335 e. The van der Waals surface area contributed by atoms with E-state index < -0.39 is 11.8 Å². The second-order valence-electron chi connectivity index (χ2n) is 4.68. The van der Waals surface area contributed by atoms with Crippen molar-refractivity contribution < 1.29 is 14.3 Å². The lowest BCUT2D eigenvalue weighted by Gasteiger charge is -2.17. The summed E-state index contributed by atoms with van der Waals surface area (Å²) in [7, 11) is 1.89. The summed E-state index contributed by atoms with van der Waals surface area (Å²) in [6.45, 7) is 1.15. The number of carboxylic acids is 1. The van der Waals surface area contributed by atoms with E-state index in [9.17, 15) is 9.18 Å². The predicted octanol–water partition coefficient (Wildman–Crippen LogP) is 2.55. The SMILES string of the molecule is CN(Cc1ccncc1)Cc1cc(F)cc(C(=O)O)c1. The number of rotatable bonds is 5. The number of hydrogen-bond donors (Lipinski definition) is 1. The Morgan fingerprint density at radius 2 is 1.85 bits per heavy atom. The molecule has 2 aromatic rings. The molecule has 0 unspecified atom stereocenters. The molecule has 2 rings (SSSR count). The Bertz CT molecular complexity index is 602. The van der Waals surface area contributed by atoms with Gasteiger partial charge >= 0.3 is 5.97 Å². The van der Waals surface area contributed by atoms with E-state index in [4.69, 9.17) is 5.11 Å². The number of aromatic carboxylic acids is 1. The van der Waals surface area contributed by atoms with Crippen molar-refractivity contribution >= 4 is 5.97 Å². The Morgan fingerprint density at radius 1 is 1.20 bits per heavy atom. The predicted molar refractivity (Wildman–Crippen MR) is 72.8 cm³/mol. The highest BCUT2D eigenvalue weighted by atomic mass is 19.1. The van der Waals surface area contributed by atoms with E-state index in [0.29, 0.717) is 18.7 Å². The van der Waals surface area contributed by atoms with Crippen LogP contribution in [-0.4, -0.2) is 28.0 Å². The summed E-state index contributed by atoms with van der Waals surface area (Å²) in [6.07, 6.45) is 3.43. The molecule has 1 aromatic carbocycles. The van der Waals surface area contributed by atoms with Gasteiger partial charge in [-0.25, -0.2) is 9.18 Å². The summed E-state index contributed by atoms with van der Waals surface area (Å²) in [6, 6.07) is 7.69. The molecule has 1 heterocycles. The molecule has 5 heteroatoms. The number of carbonyl (C=O) groups is 1. The van der Waals surface area contributed by atoms with Crippen LogP contribution in [0.15, 0.2) is 42.7 Å². The molecule has 0 atom stereocenters. The monoisotopic (exact) mass is 274 g/mol. The van der Waals surface area contributed by atoms with Crippen molar-refractivity contribution in [3.63, 3.8) is 0 Å². The molecule has 104 valence electrons. The number of aromatic nitrogens is 1. The van der Waals surface area contributed by atoms with Gasteiger partial charge in [-0.1, -0.05) is 0 Å². The molecule has 0 bridgehead atoms. The summed E-state index contributed by atoms with van der Waals surface area (Å²) in [4.78, 5) is 16.8. The molecular weight excluding hydrogens is 259 g/mol. The first-order valence-corrected chi connectivity index (χ1v) is 6.15. The number of hydrogen-bond acceptors (Lipinski definition) is 3. The van der Waals surface area contributed by atoms with E-state index in [2.05, 4.69) is 4.98 Å². The van der Waals surface area contributed by atoms with Gasteiger partial charge in [-0.2, -0.15) is 0 Å². The van der Waals surface area contributed by atoms with E-state index in [1.165, 1.54) is 12.1 Å². The van der Waals surface area contributed by atoms with Crippen LogP contribution < -0.4 is 0 Å². The van der Waals surface area contributed by atoms with Crippen LogP contribution in [0.3, 0.4) is 0 Å². The molecule has 0 saturated heterocycles. The fourth-order valence-corrected chi connectivity index (χ4v) is 2.03. The quantitative estimate of drug-likeness (QED) is 0.910. The molecule has 0 amide bonds. The maximum Gasteiger partial charge on any atom is 0.335 e. The van der Waals surface area contributed by atoms with Crippen molar-refractivity contribution in [3.8, 4) is 0 Å². The van der Waals surface area contributed by atoms with Crippen LogP contribution in [0, 0.1) is 5.82 Å². The van der Waals surface area contributed by atoms with Crippen LogP contribution in [0.2, 0.25) is 0 Å². The minimum Gasteiger partial charge on any atom is -0.478 e. The normalized spacial score (nSPS) is 10.8. The van der Waals surface area contributed by atoms with Gasteiger partial charge in [0.25, 0.3) is 0 Å². The number of halogens is 1. The van der Waals surface area contributed by atoms with Gasteiger partial charge in [-0.3, -0.25) is 9.88 Å². The Kier molecular flexibility index (Phi) is 4.42. The van der Waals surface area contributed by atoms with Gasteiger partial charge < -0.3 is 5.11 Å². The zero-order valence-corrected chi connectivity index (χ0v) is 11.1. The summed E-state index contributed by atoms with van der Waals surface area (Å²) >= 11 is 0. The van der Waals surface area contributed by atoms with Gasteiger partial charge in [-0.15, -0.1) is 0 Å². The lowest BCUT2D eigenvalue weighted by Crippen LogP contribution is -2.17. The molecule has 0 radical (unpaired) electrons. The average molecular weight is 274 g/mol. The highest BCUT2D eigenvalue weighted by Crippen LogP contribution is 2.12. The molecule has 20 heavy (non-hydrogen) atoms. The van der Waals surface area contributed by atoms with Crippen molar-refractivity contribution in [2.24, 2.45) is 0 Å². The van der Waals surface area contributed by atoms with Crippen molar-refractivity contribution in [3.05, 3.63) is 65.2 Å². The van der Waals surface area contributed by atoms with Gasteiger partial charge in [0.2, 0.25) is 0 Å². The molecule has 1 aromatic heterocycles. The van der Waals surface area contributed by atoms with Crippen molar-refractivity contribution in [2.45, 2.75) is 13.1 Å². The fraction of sp³-hybridized carbons (Fsp3) is 0.200. The zero-order valence-electron chi connectivity index (χ0n) is 11.1. The molecule has 0 aliphatic rings. The van der Waals surface area contributed by atoms with E-state index in [1.807, 2.05) is 24.1 Å². The van der Waals surface area contributed by atoms with Gasteiger partial charge in [-0.05, 0) is 48.5 Å². The van der Waals surface area contributed by atoms with E-state index >= 15 is 0 Å². The van der Waals surface area contributed by atoms with Gasteiger partial charge in [0.1, 0.15) is 5.82 Å². The Balaban J connectivity index is 2.07. The molecule has 0 saturated carbocycles. The number of carboxylic acid groups (broad SMARTS) is 1. The van der Waals surface area contributed by atoms with E-state index in [-0.39, 0.29) is 5.56 Å². The highest BCUT2D eigenvalue weighted by Gasteiger charge is 2.09. The Labute approximate surface area is 116 Å². The number of benzene rings is 1. The van der Waals surface area contributed by atoms with Crippen LogP contribution >= 0.6 is 0 Å². The molecule has 0 aliphatic carbocycles. The fourth-order valence-electron chi connectivity index (χ4n) is 2.03. The third kappa shape index (κ3) is 3.86. The second kappa shape index (κ2) is 6.25.